The van der Waals surface area contributed by atoms with E-state index >= 15 is 0 Å². The molecule has 8 nitrogen and oxygen atoms in total. The van der Waals surface area contributed by atoms with Crippen LogP contribution in [0.4, 0.5) is 5.69 Å². The SMILES string of the molecule is COc1cc(C=O)c([N+](=O)[O-])c(S(N)(=O)=O)c1. The van der Waals surface area contributed by atoms with Crippen molar-refractivity contribution in [3.05, 3.63) is 27.8 Å². The number of nitro benzene ring substituents is 1. The smallest absolute Gasteiger partial charge is 0.300 e. The lowest BCUT2D eigenvalue weighted by Crippen LogP contribution is -2.15. The van der Waals surface area contributed by atoms with Gasteiger partial charge in [0.2, 0.25) is 10.0 Å². The van der Waals surface area contributed by atoms with Gasteiger partial charge in [-0.2, -0.15) is 0 Å². The Hall–Kier alpha value is -2.00. The molecule has 1 aromatic carbocycles. The number of carbonyl (C=O) groups excluding carboxylic acids is 1. The van der Waals surface area contributed by atoms with Crippen molar-refractivity contribution in [2.24, 2.45) is 5.14 Å². The molecule has 17 heavy (non-hydrogen) atoms. The normalized spacial score (nSPS) is 10.9. The second-order valence-electron chi connectivity index (χ2n) is 2.98. The summed E-state index contributed by atoms with van der Waals surface area (Å²) in [6, 6.07) is 1.94. The average molecular weight is 260 g/mol. The number of ether oxygens (including phenoxy) is 1. The van der Waals surface area contributed by atoms with Crippen LogP contribution in [-0.2, 0) is 10.0 Å². The minimum Gasteiger partial charge on any atom is -0.497 e. The summed E-state index contributed by atoms with van der Waals surface area (Å²) < 4.78 is 27.1. The molecule has 0 bridgehead atoms. The molecular weight excluding hydrogens is 252 g/mol. The van der Waals surface area contributed by atoms with Crippen LogP contribution in [0.25, 0.3) is 0 Å². The van der Waals surface area contributed by atoms with Crippen LogP contribution in [0.5, 0.6) is 5.75 Å². The number of hydrogen-bond donors (Lipinski definition) is 1. The fourth-order valence-corrected chi connectivity index (χ4v) is 1.97. The van der Waals surface area contributed by atoms with Gasteiger partial charge in [-0.25, -0.2) is 13.6 Å². The van der Waals surface area contributed by atoms with Crippen molar-refractivity contribution in [3.63, 3.8) is 0 Å². The number of rotatable bonds is 4. The van der Waals surface area contributed by atoms with E-state index in [4.69, 9.17) is 9.88 Å². The Morgan fingerprint density at radius 1 is 1.47 bits per heavy atom. The largest absolute Gasteiger partial charge is 0.497 e. The number of benzene rings is 1. The Morgan fingerprint density at radius 2 is 2.06 bits per heavy atom. The number of nitrogens with zero attached hydrogens (tertiary/aromatic N) is 1. The highest BCUT2D eigenvalue weighted by Crippen LogP contribution is 2.30. The first-order valence-electron chi connectivity index (χ1n) is 4.15. The number of aldehydes is 1. The first-order valence-corrected chi connectivity index (χ1v) is 5.70. The minimum atomic E-state index is -4.32. The predicted molar refractivity (Wildman–Crippen MR) is 56.4 cm³/mol. The molecule has 1 aromatic rings. The van der Waals surface area contributed by atoms with Gasteiger partial charge in [0.05, 0.1) is 17.6 Å². The lowest BCUT2D eigenvalue weighted by molar-refractivity contribution is -0.388. The molecule has 0 fully saturated rings. The molecule has 0 aliphatic carbocycles. The first kappa shape index (κ1) is 13.1. The van der Waals surface area contributed by atoms with Gasteiger partial charge in [0.1, 0.15) is 5.75 Å². The molecule has 1 rings (SSSR count). The van der Waals surface area contributed by atoms with Gasteiger partial charge in [-0.1, -0.05) is 0 Å². The van der Waals surface area contributed by atoms with Gasteiger partial charge in [-0.05, 0) is 6.07 Å². The zero-order chi connectivity index (χ0) is 13.2. The molecule has 9 heteroatoms. The molecule has 0 amide bonds. The second kappa shape index (κ2) is 4.47. The van der Waals surface area contributed by atoms with Crippen LogP contribution in [0.2, 0.25) is 0 Å². The topological polar surface area (TPSA) is 130 Å². The molecule has 0 saturated heterocycles. The van der Waals surface area contributed by atoms with E-state index in [0.29, 0.717) is 0 Å². The number of nitro groups is 1. The van der Waals surface area contributed by atoms with Crippen molar-refractivity contribution in [2.45, 2.75) is 4.90 Å². The third kappa shape index (κ3) is 2.57. The van der Waals surface area contributed by atoms with Crippen molar-refractivity contribution < 1.29 is 22.9 Å². The van der Waals surface area contributed by atoms with Crippen LogP contribution >= 0.6 is 0 Å². The molecule has 0 unspecified atom stereocenters. The first-order chi connectivity index (χ1) is 7.81. The Bertz CT molecular complexity index is 580. The van der Waals surface area contributed by atoms with E-state index < -0.39 is 31.1 Å². The van der Waals surface area contributed by atoms with E-state index in [0.717, 1.165) is 12.1 Å². The number of nitrogens with two attached hydrogens (primary N) is 1. The number of methoxy groups -OCH3 is 1. The summed E-state index contributed by atoms with van der Waals surface area (Å²) in [7, 11) is -3.10. The summed E-state index contributed by atoms with van der Waals surface area (Å²) in [5.41, 5.74) is -1.28. The van der Waals surface area contributed by atoms with Crippen molar-refractivity contribution >= 4 is 22.0 Å². The van der Waals surface area contributed by atoms with Gasteiger partial charge in [-0.3, -0.25) is 14.9 Å². The van der Waals surface area contributed by atoms with Crippen LogP contribution in [0, 0.1) is 10.1 Å². The maximum absolute atomic E-state index is 11.2. The number of sulfonamides is 1. The van der Waals surface area contributed by atoms with Crippen LogP contribution in [-0.4, -0.2) is 26.7 Å². The van der Waals surface area contributed by atoms with E-state index in [1.54, 1.807) is 0 Å². The van der Waals surface area contributed by atoms with E-state index in [9.17, 15) is 23.3 Å². The molecule has 0 heterocycles. The molecular formula is C8H8N2O6S. The highest BCUT2D eigenvalue weighted by Gasteiger charge is 2.28. The average Bonchev–Trinajstić information content (AvgIpc) is 2.25. The van der Waals surface area contributed by atoms with Crippen molar-refractivity contribution in [1.82, 2.24) is 0 Å². The van der Waals surface area contributed by atoms with Crippen molar-refractivity contribution in [3.8, 4) is 5.75 Å². The Kier molecular flexibility index (Phi) is 3.44. The zero-order valence-corrected chi connectivity index (χ0v) is 9.43. The lowest BCUT2D eigenvalue weighted by Gasteiger charge is -2.06. The van der Waals surface area contributed by atoms with Crippen LogP contribution in [0.1, 0.15) is 10.4 Å². The number of hydrogen-bond acceptors (Lipinski definition) is 6. The van der Waals surface area contributed by atoms with Gasteiger partial charge in [0.25, 0.3) is 5.69 Å². The van der Waals surface area contributed by atoms with Crippen molar-refractivity contribution in [1.29, 1.82) is 0 Å². The fraction of sp³-hybridized carbons (Fsp3) is 0.125. The third-order valence-corrected chi connectivity index (χ3v) is 2.85. The Balaban J connectivity index is 3.77. The molecule has 0 aromatic heterocycles. The summed E-state index contributed by atoms with van der Waals surface area (Å²) in [6.07, 6.45) is 0.162. The molecule has 92 valence electrons. The molecule has 0 atom stereocenters. The van der Waals surface area contributed by atoms with Crippen LogP contribution in [0.3, 0.4) is 0 Å². The quantitative estimate of drug-likeness (QED) is 0.463. The molecule has 0 aliphatic rings. The lowest BCUT2D eigenvalue weighted by atomic mass is 10.2. The maximum atomic E-state index is 11.2. The van der Waals surface area contributed by atoms with Crippen LogP contribution < -0.4 is 9.88 Å². The summed E-state index contributed by atoms with van der Waals surface area (Å²) in [5.74, 6) is -0.0123. The Labute approximate surface area is 96.2 Å². The highest BCUT2D eigenvalue weighted by molar-refractivity contribution is 7.89. The van der Waals surface area contributed by atoms with E-state index in [-0.39, 0.29) is 12.0 Å². The van der Waals surface area contributed by atoms with Gasteiger partial charge >= 0.3 is 0 Å². The summed E-state index contributed by atoms with van der Waals surface area (Å²) in [5, 5.41) is 15.6. The molecule has 0 aliphatic heterocycles. The maximum Gasteiger partial charge on any atom is 0.300 e. The number of carbonyl (C=O) groups is 1. The summed E-state index contributed by atoms with van der Waals surface area (Å²) in [4.78, 5) is 19.7. The predicted octanol–water partition coefficient (Wildman–Crippen LogP) is 0.0633. The van der Waals surface area contributed by atoms with Gasteiger partial charge < -0.3 is 4.74 Å². The summed E-state index contributed by atoms with van der Waals surface area (Å²) >= 11 is 0. The van der Waals surface area contributed by atoms with E-state index in [1.165, 1.54) is 7.11 Å². The van der Waals surface area contributed by atoms with E-state index in [1.807, 2.05) is 0 Å². The minimum absolute atomic E-state index is 0.0123. The standard InChI is InChI=1S/C8H8N2O6S/c1-16-6-2-5(4-11)8(10(12)13)7(3-6)17(9,14)15/h2-4H,1H3,(H2,9,14,15). The summed E-state index contributed by atoms with van der Waals surface area (Å²) in [6.45, 7) is 0. The highest BCUT2D eigenvalue weighted by atomic mass is 32.2. The fourth-order valence-electron chi connectivity index (χ4n) is 1.22. The molecule has 2 N–H and O–H groups in total. The van der Waals surface area contributed by atoms with Gasteiger partial charge in [-0.15, -0.1) is 0 Å². The molecule has 0 radical (unpaired) electrons. The van der Waals surface area contributed by atoms with Gasteiger partial charge in [0.15, 0.2) is 11.2 Å². The van der Waals surface area contributed by atoms with Crippen molar-refractivity contribution in [2.75, 3.05) is 7.11 Å². The van der Waals surface area contributed by atoms with E-state index in [2.05, 4.69) is 0 Å². The number of primary sulfonamides is 1. The Morgan fingerprint density at radius 3 is 2.41 bits per heavy atom. The monoisotopic (exact) mass is 260 g/mol. The molecule has 0 spiro atoms. The third-order valence-electron chi connectivity index (χ3n) is 1.93. The van der Waals surface area contributed by atoms with Crippen LogP contribution in [0.15, 0.2) is 17.0 Å². The zero-order valence-electron chi connectivity index (χ0n) is 8.61. The second-order valence-corrected chi connectivity index (χ2v) is 4.51. The van der Waals surface area contributed by atoms with Gasteiger partial charge in [0, 0.05) is 6.07 Å². The molecule has 0 saturated carbocycles.